The van der Waals surface area contributed by atoms with E-state index >= 15 is 0 Å². The summed E-state index contributed by atoms with van der Waals surface area (Å²) in [5.74, 6) is 0.159. The molecule has 0 fully saturated rings. The van der Waals surface area contributed by atoms with Gasteiger partial charge in [0.1, 0.15) is 10.8 Å². The Labute approximate surface area is 196 Å². The van der Waals surface area contributed by atoms with Crippen molar-refractivity contribution in [2.24, 2.45) is 0 Å². The fourth-order valence-electron chi connectivity index (χ4n) is 3.22. The van der Waals surface area contributed by atoms with Gasteiger partial charge >= 0.3 is 12.1 Å². The predicted octanol–water partition coefficient (Wildman–Crippen LogP) is 7.05. The summed E-state index contributed by atoms with van der Waals surface area (Å²) in [6, 6.07) is 16.5. The Bertz CT molecular complexity index is 1300. The standard InChI is InChI=1S/C24H18F3NO3S2/c1-14-11-18(9-10-19(14)31-12-21(29)30)32-13-16-3-2-4-20-22(16)28-23(33-20)15-5-7-17(8-6-15)24(25,26)27/h2-11H,12-13H2,1H3,(H,29,30). The van der Waals surface area contributed by atoms with Crippen molar-refractivity contribution in [3.05, 3.63) is 77.4 Å². The van der Waals surface area contributed by atoms with E-state index in [1.54, 1.807) is 17.8 Å². The van der Waals surface area contributed by atoms with Crippen molar-refractivity contribution in [1.29, 1.82) is 0 Å². The van der Waals surface area contributed by atoms with Crippen LogP contribution in [0.25, 0.3) is 20.8 Å². The maximum atomic E-state index is 12.8. The lowest BCUT2D eigenvalue weighted by Crippen LogP contribution is -2.09. The molecule has 0 bridgehead atoms. The van der Waals surface area contributed by atoms with E-state index in [0.717, 1.165) is 38.4 Å². The van der Waals surface area contributed by atoms with Crippen LogP contribution in [0.2, 0.25) is 0 Å². The van der Waals surface area contributed by atoms with Gasteiger partial charge in [-0.15, -0.1) is 23.1 Å². The van der Waals surface area contributed by atoms with Gasteiger partial charge in [0.25, 0.3) is 0 Å². The zero-order valence-corrected chi connectivity index (χ0v) is 19.0. The second-order valence-corrected chi connectivity index (χ2v) is 9.34. The first-order valence-corrected chi connectivity index (χ1v) is 11.6. The van der Waals surface area contributed by atoms with Crippen molar-refractivity contribution < 1.29 is 27.8 Å². The first-order valence-electron chi connectivity index (χ1n) is 9.85. The van der Waals surface area contributed by atoms with Crippen molar-refractivity contribution in [1.82, 2.24) is 4.98 Å². The zero-order valence-electron chi connectivity index (χ0n) is 17.3. The molecule has 0 aliphatic carbocycles. The summed E-state index contributed by atoms with van der Waals surface area (Å²) in [7, 11) is 0. The van der Waals surface area contributed by atoms with Crippen LogP contribution in [-0.4, -0.2) is 22.7 Å². The Hall–Kier alpha value is -3.04. The van der Waals surface area contributed by atoms with E-state index in [9.17, 15) is 18.0 Å². The van der Waals surface area contributed by atoms with Crippen LogP contribution < -0.4 is 4.74 Å². The number of carboxylic acids is 1. The van der Waals surface area contributed by atoms with Crippen LogP contribution in [0, 0.1) is 6.92 Å². The Balaban J connectivity index is 1.52. The third-order valence-electron chi connectivity index (χ3n) is 4.85. The molecule has 3 aromatic carbocycles. The van der Waals surface area contributed by atoms with Gasteiger partial charge in [0.2, 0.25) is 0 Å². The van der Waals surface area contributed by atoms with E-state index in [1.807, 2.05) is 37.3 Å². The number of benzene rings is 3. The number of aliphatic carboxylic acids is 1. The van der Waals surface area contributed by atoms with Crippen molar-refractivity contribution in [2.45, 2.75) is 23.7 Å². The molecule has 0 unspecified atom stereocenters. The van der Waals surface area contributed by atoms with Crippen LogP contribution in [0.3, 0.4) is 0 Å². The van der Waals surface area contributed by atoms with Crippen molar-refractivity contribution in [2.75, 3.05) is 6.61 Å². The third-order valence-corrected chi connectivity index (χ3v) is 6.97. The Kier molecular flexibility index (Phi) is 6.62. The lowest BCUT2D eigenvalue weighted by atomic mass is 10.1. The maximum Gasteiger partial charge on any atom is 0.416 e. The molecule has 1 N–H and O–H groups in total. The molecule has 0 radical (unpaired) electrons. The summed E-state index contributed by atoms with van der Waals surface area (Å²) < 4.78 is 44.7. The van der Waals surface area contributed by atoms with Gasteiger partial charge in [-0.25, -0.2) is 9.78 Å². The average molecular weight is 490 g/mol. The molecule has 0 saturated heterocycles. The number of ether oxygens (including phenoxy) is 1. The van der Waals surface area contributed by atoms with Gasteiger partial charge in [0.05, 0.1) is 15.8 Å². The van der Waals surface area contributed by atoms with Gasteiger partial charge in [-0.1, -0.05) is 24.3 Å². The highest BCUT2D eigenvalue weighted by atomic mass is 32.2. The first-order chi connectivity index (χ1) is 15.7. The molecule has 0 amide bonds. The number of nitrogens with zero attached hydrogens (tertiary/aromatic N) is 1. The molecule has 0 saturated carbocycles. The Morgan fingerprint density at radius 1 is 1.12 bits per heavy atom. The largest absolute Gasteiger partial charge is 0.482 e. The fraction of sp³-hybridized carbons (Fsp3) is 0.167. The second-order valence-electron chi connectivity index (χ2n) is 7.26. The van der Waals surface area contributed by atoms with Gasteiger partial charge in [0, 0.05) is 16.2 Å². The number of hydrogen-bond acceptors (Lipinski definition) is 5. The number of halogens is 3. The van der Waals surface area contributed by atoms with E-state index in [1.165, 1.54) is 23.5 Å². The van der Waals surface area contributed by atoms with Crippen LogP contribution in [0.15, 0.2) is 65.6 Å². The van der Waals surface area contributed by atoms with Crippen molar-refractivity contribution in [3.63, 3.8) is 0 Å². The molecule has 170 valence electrons. The van der Waals surface area contributed by atoms with Crippen molar-refractivity contribution in [3.8, 4) is 16.3 Å². The average Bonchev–Trinajstić information content (AvgIpc) is 3.21. The highest BCUT2D eigenvalue weighted by molar-refractivity contribution is 7.98. The lowest BCUT2D eigenvalue weighted by Gasteiger charge is -2.09. The molecule has 0 spiro atoms. The van der Waals surface area contributed by atoms with Crippen molar-refractivity contribution >= 4 is 39.3 Å². The van der Waals surface area contributed by atoms with Crippen LogP contribution in [0.5, 0.6) is 5.75 Å². The van der Waals surface area contributed by atoms with E-state index in [-0.39, 0.29) is 6.61 Å². The molecule has 4 nitrogen and oxygen atoms in total. The number of carbonyl (C=O) groups is 1. The topological polar surface area (TPSA) is 59.4 Å². The van der Waals surface area contributed by atoms with Crippen LogP contribution in [0.1, 0.15) is 16.7 Å². The molecular formula is C24H18F3NO3S2. The highest BCUT2D eigenvalue weighted by Gasteiger charge is 2.30. The Morgan fingerprint density at radius 2 is 1.88 bits per heavy atom. The van der Waals surface area contributed by atoms with Gasteiger partial charge in [-0.2, -0.15) is 13.2 Å². The molecule has 0 atom stereocenters. The minimum atomic E-state index is -4.37. The predicted molar refractivity (Wildman–Crippen MR) is 124 cm³/mol. The molecule has 4 aromatic rings. The van der Waals surface area contributed by atoms with Gasteiger partial charge < -0.3 is 9.84 Å². The number of rotatable bonds is 7. The number of hydrogen-bond donors (Lipinski definition) is 1. The number of alkyl halides is 3. The van der Waals surface area contributed by atoms with E-state index in [0.29, 0.717) is 22.1 Å². The van der Waals surface area contributed by atoms with Gasteiger partial charge in [-0.3, -0.25) is 0 Å². The number of thiazole rings is 1. The molecule has 9 heteroatoms. The second kappa shape index (κ2) is 9.44. The summed E-state index contributed by atoms with van der Waals surface area (Å²) in [4.78, 5) is 16.4. The summed E-state index contributed by atoms with van der Waals surface area (Å²) in [5.41, 5.74) is 2.67. The van der Waals surface area contributed by atoms with E-state index < -0.39 is 17.7 Å². The number of aromatic nitrogens is 1. The molecule has 0 aliphatic heterocycles. The molecule has 33 heavy (non-hydrogen) atoms. The van der Waals surface area contributed by atoms with Crippen LogP contribution in [0.4, 0.5) is 13.2 Å². The minimum absolute atomic E-state index is 0.388. The minimum Gasteiger partial charge on any atom is -0.482 e. The normalized spacial score (nSPS) is 11.6. The number of para-hydroxylation sites is 1. The lowest BCUT2D eigenvalue weighted by molar-refractivity contribution is -0.139. The monoisotopic (exact) mass is 489 g/mol. The SMILES string of the molecule is Cc1cc(SCc2cccc3sc(-c4ccc(C(F)(F)F)cc4)nc23)ccc1OCC(=O)O. The number of thioether (sulfide) groups is 1. The molecule has 1 heterocycles. The van der Waals surface area contributed by atoms with Crippen LogP contribution >= 0.6 is 23.1 Å². The zero-order chi connectivity index (χ0) is 23.6. The summed E-state index contributed by atoms with van der Waals surface area (Å²) >= 11 is 3.06. The molecule has 0 aliphatic rings. The Morgan fingerprint density at radius 3 is 2.55 bits per heavy atom. The summed E-state index contributed by atoms with van der Waals surface area (Å²) in [5, 5.41) is 9.43. The number of aryl methyl sites for hydroxylation is 1. The van der Waals surface area contributed by atoms with E-state index in [2.05, 4.69) is 0 Å². The fourth-order valence-corrected chi connectivity index (χ4v) is 5.22. The third kappa shape index (κ3) is 5.48. The summed E-state index contributed by atoms with van der Waals surface area (Å²) in [6.07, 6.45) is -4.37. The van der Waals surface area contributed by atoms with Gasteiger partial charge in [0.15, 0.2) is 6.61 Å². The van der Waals surface area contributed by atoms with Crippen LogP contribution in [-0.2, 0) is 16.7 Å². The maximum absolute atomic E-state index is 12.8. The first kappa shape index (κ1) is 23.1. The molecular weight excluding hydrogens is 471 g/mol. The molecule has 4 rings (SSSR count). The quantitative estimate of drug-likeness (QED) is 0.282. The number of fused-ring (bicyclic) bond motifs is 1. The highest BCUT2D eigenvalue weighted by Crippen LogP contribution is 2.36. The molecule has 1 aromatic heterocycles. The number of carboxylic acid groups (broad SMARTS) is 1. The van der Waals surface area contributed by atoms with Gasteiger partial charge in [-0.05, 0) is 54.4 Å². The summed E-state index contributed by atoms with van der Waals surface area (Å²) in [6.45, 7) is 1.47. The van der Waals surface area contributed by atoms with E-state index in [4.69, 9.17) is 14.8 Å². The smallest absolute Gasteiger partial charge is 0.416 e.